The van der Waals surface area contributed by atoms with Gasteiger partial charge in [0, 0.05) is 11.6 Å². The van der Waals surface area contributed by atoms with Gasteiger partial charge < -0.3 is 30.0 Å². The van der Waals surface area contributed by atoms with Crippen molar-refractivity contribution in [3.63, 3.8) is 0 Å². The van der Waals surface area contributed by atoms with E-state index in [1.807, 2.05) is 0 Å². The molecule has 9 nitrogen and oxygen atoms in total. The van der Waals surface area contributed by atoms with E-state index in [0.29, 0.717) is 0 Å². The number of amides is 2. The summed E-state index contributed by atoms with van der Waals surface area (Å²) >= 11 is 0. The van der Waals surface area contributed by atoms with Crippen molar-refractivity contribution < 1.29 is 41.7 Å². The molecule has 0 aliphatic rings. The van der Waals surface area contributed by atoms with Gasteiger partial charge in [-0.3, -0.25) is 9.59 Å². The first kappa shape index (κ1) is 22.6. The molecule has 0 spiro atoms. The van der Waals surface area contributed by atoms with E-state index in [4.69, 9.17) is 19.9 Å². The van der Waals surface area contributed by atoms with Crippen LogP contribution < -0.4 is 30.0 Å². The molecule has 0 unspecified atom stereocenters. The maximum atomic E-state index is 12.5. The second-order valence-corrected chi connectivity index (χ2v) is 5.71. The highest BCUT2D eigenvalue weighted by atomic mass is 19.4. The van der Waals surface area contributed by atoms with Crippen molar-refractivity contribution in [3.8, 4) is 23.1 Å². The number of pyridine rings is 1. The first-order valence-corrected chi connectivity index (χ1v) is 8.27. The number of hydrogen-bond donors (Lipinski definition) is 2. The molecule has 12 heteroatoms. The zero-order valence-corrected chi connectivity index (χ0v) is 15.9. The van der Waals surface area contributed by atoms with Crippen LogP contribution in [0.4, 0.5) is 18.9 Å². The van der Waals surface area contributed by atoms with Gasteiger partial charge in [0.15, 0.2) is 24.7 Å². The zero-order chi connectivity index (χ0) is 22.3. The molecule has 30 heavy (non-hydrogen) atoms. The predicted molar refractivity (Wildman–Crippen MR) is 98.0 cm³/mol. The van der Waals surface area contributed by atoms with Crippen molar-refractivity contribution in [2.75, 3.05) is 32.8 Å². The minimum absolute atomic E-state index is 0.0863. The molecule has 1 aromatic heterocycles. The van der Waals surface area contributed by atoms with Gasteiger partial charge in [-0.2, -0.15) is 13.2 Å². The van der Waals surface area contributed by atoms with Crippen LogP contribution in [0.3, 0.4) is 0 Å². The first-order valence-electron chi connectivity index (χ1n) is 8.27. The Morgan fingerprint density at radius 1 is 1.10 bits per heavy atom. The molecule has 0 aliphatic carbocycles. The van der Waals surface area contributed by atoms with Gasteiger partial charge in [0.05, 0.1) is 26.1 Å². The number of halogens is 3. The second-order valence-electron chi connectivity index (χ2n) is 5.71. The summed E-state index contributed by atoms with van der Waals surface area (Å²) in [6, 6.07) is 5.21. The number of nitrogens with two attached hydrogens (primary N) is 1. The highest BCUT2D eigenvalue weighted by Crippen LogP contribution is 2.38. The number of benzene rings is 1. The summed E-state index contributed by atoms with van der Waals surface area (Å²) in [5, 5.41) is 2.52. The third kappa shape index (κ3) is 6.43. The summed E-state index contributed by atoms with van der Waals surface area (Å²) in [4.78, 5) is 27.2. The topological polar surface area (TPSA) is 122 Å². The van der Waals surface area contributed by atoms with E-state index >= 15 is 0 Å². The maximum Gasteiger partial charge on any atom is 0.422 e. The molecule has 0 atom stereocenters. The Hall–Kier alpha value is -3.70. The minimum Gasteiger partial charge on any atom is -0.493 e. The number of carbonyl (C=O) groups excluding carboxylic acids is 2. The average molecular weight is 429 g/mol. The van der Waals surface area contributed by atoms with Crippen LogP contribution in [-0.2, 0) is 4.79 Å². The third-order valence-corrected chi connectivity index (χ3v) is 3.46. The number of carbonyl (C=O) groups is 2. The second kappa shape index (κ2) is 9.67. The van der Waals surface area contributed by atoms with Gasteiger partial charge >= 0.3 is 6.18 Å². The van der Waals surface area contributed by atoms with Crippen LogP contribution in [0.5, 0.6) is 23.1 Å². The standard InChI is InChI=1S/C18H18F3N3O6/c1-27-12-5-10(6-13(28-2)16(12)29-8-14(22)25)17(26)24-11-3-4-15(23-7-11)30-9-18(19,20)21/h3-7H,8-9H2,1-2H3,(H2,22,25)(H,24,26). The number of alkyl halides is 3. The lowest BCUT2D eigenvalue weighted by atomic mass is 10.1. The van der Waals surface area contributed by atoms with Crippen LogP contribution in [0.15, 0.2) is 30.5 Å². The highest BCUT2D eigenvalue weighted by molar-refractivity contribution is 6.05. The Balaban J connectivity index is 2.15. The Bertz CT molecular complexity index is 878. The summed E-state index contributed by atoms with van der Waals surface area (Å²) in [5.41, 5.74) is 5.39. The lowest BCUT2D eigenvalue weighted by Gasteiger charge is -2.15. The summed E-state index contributed by atoms with van der Waals surface area (Å²) < 4.78 is 56.6. The molecular formula is C18H18F3N3O6. The van der Waals surface area contributed by atoms with Crippen LogP contribution in [-0.4, -0.2) is 50.4 Å². The number of hydrogen-bond acceptors (Lipinski definition) is 7. The molecular weight excluding hydrogens is 411 g/mol. The molecule has 0 radical (unpaired) electrons. The monoisotopic (exact) mass is 429 g/mol. The number of primary amides is 1. The van der Waals surface area contributed by atoms with E-state index in [9.17, 15) is 22.8 Å². The molecule has 0 bridgehead atoms. The third-order valence-electron chi connectivity index (χ3n) is 3.46. The van der Waals surface area contributed by atoms with E-state index < -0.39 is 31.2 Å². The number of nitrogens with one attached hydrogen (secondary N) is 1. The van der Waals surface area contributed by atoms with Crippen LogP contribution in [0.25, 0.3) is 0 Å². The van der Waals surface area contributed by atoms with Crippen molar-refractivity contribution in [2.24, 2.45) is 5.73 Å². The number of ether oxygens (including phenoxy) is 4. The molecule has 2 aromatic rings. The summed E-state index contributed by atoms with van der Waals surface area (Å²) in [6.07, 6.45) is -3.34. The molecule has 162 valence electrons. The fourth-order valence-corrected chi connectivity index (χ4v) is 2.20. The number of nitrogens with zero attached hydrogens (tertiary/aromatic N) is 1. The largest absolute Gasteiger partial charge is 0.493 e. The Labute approximate surface area is 168 Å². The number of methoxy groups -OCH3 is 2. The van der Waals surface area contributed by atoms with Crippen molar-refractivity contribution in [1.29, 1.82) is 0 Å². The summed E-state index contributed by atoms with van der Waals surface area (Å²) in [7, 11) is 2.66. The number of aromatic nitrogens is 1. The quantitative estimate of drug-likeness (QED) is 0.626. The molecule has 1 heterocycles. The summed E-state index contributed by atoms with van der Waals surface area (Å²) in [5.74, 6) is -1.22. The van der Waals surface area contributed by atoms with Gasteiger partial charge in [-0.25, -0.2) is 4.98 Å². The van der Waals surface area contributed by atoms with Gasteiger partial charge in [0.2, 0.25) is 11.6 Å². The molecule has 3 N–H and O–H groups in total. The molecule has 0 saturated heterocycles. The van der Waals surface area contributed by atoms with Gasteiger partial charge in [-0.1, -0.05) is 0 Å². The van der Waals surface area contributed by atoms with Crippen molar-refractivity contribution >= 4 is 17.5 Å². The van der Waals surface area contributed by atoms with Crippen LogP contribution >= 0.6 is 0 Å². The van der Waals surface area contributed by atoms with Crippen molar-refractivity contribution in [2.45, 2.75) is 6.18 Å². The molecule has 1 aromatic carbocycles. The van der Waals surface area contributed by atoms with Crippen LogP contribution in [0, 0.1) is 0 Å². The highest BCUT2D eigenvalue weighted by Gasteiger charge is 2.28. The van der Waals surface area contributed by atoms with Crippen molar-refractivity contribution in [1.82, 2.24) is 4.98 Å². The van der Waals surface area contributed by atoms with Gasteiger partial charge in [-0.05, 0) is 18.2 Å². The van der Waals surface area contributed by atoms with Gasteiger partial charge in [0.25, 0.3) is 11.8 Å². The fourth-order valence-electron chi connectivity index (χ4n) is 2.20. The van der Waals surface area contributed by atoms with Gasteiger partial charge in [0.1, 0.15) is 0 Å². The Kier molecular flexibility index (Phi) is 7.28. The molecule has 0 fully saturated rings. The van der Waals surface area contributed by atoms with E-state index in [1.54, 1.807) is 0 Å². The van der Waals surface area contributed by atoms with E-state index in [1.165, 1.54) is 38.5 Å². The predicted octanol–water partition coefficient (Wildman–Crippen LogP) is 2.16. The van der Waals surface area contributed by atoms with E-state index in [0.717, 1.165) is 6.20 Å². The van der Waals surface area contributed by atoms with E-state index in [-0.39, 0.29) is 34.4 Å². The normalized spacial score (nSPS) is 10.8. The molecule has 2 rings (SSSR count). The summed E-state index contributed by atoms with van der Waals surface area (Å²) in [6.45, 7) is -1.90. The number of rotatable bonds is 9. The molecule has 0 aliphatic heterocycles. The Morgan fingerprint density at radius 2 is 1.73 bits per heavy atom. The lowest BCUT2D eigenvalue weighted by Crippen LogP contribution is -2.20. The first-order chi connectivity index (χ1) is 14.1. The molecule has 2 amide bonds. The number of anilines is 1. The van der Waals surface area contributed by atoms with Crippen molar-refractivity contribution in [3.05, 3.63) is 36.0 Å². The fraction of sp³-hybridized carbons (Fsp3) is 0.278. The van der Waals surface area contributed by atoms with E-state index in [2.05, 4.69) is 15.0 Å². The SMILES string of the molecule is COc1cc(C(=O)Nc2ccc(OCC(F)(F)F)nc2)cc(OC)c1OCC(N)=O. The average Bonchev–Trinajstić information content (AvgIpc) is 2.70. The Morgan fingerprint density at radius 3 is 2.20 bits per heavy atom. The maximum absolute atomic E-state index is 12.5. The molecule has 0 saturated carbocycles. The van der Waals surface area contributed by atoms with Crippen LogP contribution in [0.2, 0.25) is 0 Å². The minimum atomic E-state index is -4.49. The van der Waals surface area contributed by atoms with Gasteiger partial charge in [-0.15, -0.1) is 0 Å². The van der Waals surface area contributed by atoms with Crippen LogP contribution in [0.1, 0.15) is 10.4 Å². The zero-order valence-electron chi connectivity index (χ0n) is 15.9. The lowest BCUT2D eigenvalue weighted by molar-refractivity contribution is -0.154. The smallest absolute Gasteiger partial charge is 0.422 e.